The van der Waals surface area contributed by atoms with Crippen molar-refractivity contribution in [3.8, 4) is 0 Å². The van der Waals surface area contributed by atoms with Gasteiger partial charge in [0.1, 0.15) is 6.04 Å². The third-order valence-corrected chi connectivity index (χ3v) is 5.73. The van der Waals surface area contributed by atoms with Gasteiger partial charge in [-0.3, -0.25) is 9.59 Å². The molecular weight excluding hydrogens is 476 g/mol. The number of benzene rings is 3. The van der Waals surface area contributed by atoms with Crippen molar-refractivity contribution in [1.29, 1.82) is 0 Å². The van der Waals surface area contributed by atoms with Gasteiger partial charge < -0.3 is 10.2 Å². The first kappa shape index (κ1) is 23.0. The van der Waals surface area contributed by atoms with E-state index in [4.69, 9.17) is 11.6 Å². The maximum Gasteiger partial charge on any atom is 0.242 e. The molecule has 4 nitrogen and oxygen atoms in total. The first-order chi connectivity index (χ1) is 15.0. The molecule has 0 aliphatic rings. The Hall–Kier alpha value is -2.63. The molecule has 31 heavy (non-hydrogen) atoms. The van der Waals surface area contributed by atoms with Gasteiger partial charge in [0.15, 0.2) is 0 Å². The van der Waals surface area contributed by atoms with Crippen LogP contribution >= 0.6 is 27.5 Å². The summed E-state index contributed by atoms with van der Waals surface area (Å²) >= 11 is 9.59. The molecule has 0 spiro atoms. The van der Waals surface area contributed by atoms with E-state index in [2.05, 4.69) is 21.2 Å². The van der Waals surface area contributed by atoms with Crippen LogP contribution in [0.2, 0.25) is 5.02 Å². The molecule has 6 heteroatoms. The van der Waals surface area contributed by atoms with Crippen molar-refractivity contribution in [1.82, 2.24) is 10.2 Å². The lowest BCUT2D eigenvalue weighted by Gasteiger charge is -2.31. The Morgan fingerprint density at radius 1 is 0.935 bits per heavy atom. The third kappa shape index (κ3) is 6.68. The molecule has 0 aliphatic heterocycles. The second kappa shape index (κ2) is 11.1. The summed E-state index contributed by atoms with van der Waals surface area (Å²) in [5.74, 6) is -0.329. The van der Waals surface area contributed by atoms with E-state index in [0.717, 1.165) is 21.2 Å². The molecular formula is C25H24BrClN2O2. The Kier molecular flexibility index (Phi) is 8.27. The van der Waals surface area contributed by atoms with E-state index in [1.165, 1.54) is 0 Å². The van der Waals surface area contributed by atoms with Crippen LogP contribution in [0.5, 0.6) is 0 Å². The maximum atomic E-state index is 13.5. The summed E-state index contributed by atoms with van der Waals surface area (Å²) in [4.78, 5) is 28.0. The highest BCUT2D eigenvalue weighted by Gasteiger charge is 2.29. The molecule has 2 amide bonds. The molecule has 1 atom stereocenters. The van der Waals surface area contributed by atoms with Gasteiger partial charge in [0, 0.05) is 29.5 Å². The molecule has 0 radical (unpaired) electrons. The zero-order chi connectivity index (χ0) is 22.2. The van der Waals surface area contributed by atoms with Gasteiger partial charge in [0.2, 0.25) is 11.8 Å². The van der Waals surface area contributed by atoms with Crippen LogP contribution in [-0.4, -0.2) is 29.8 Å². The lowest BCUT2D eigenvalue weighted by molar-refractivity contribution is -0.140. The highest BCUT2D eigenvalue weighted by molar-refractivity contribution is 9.10. The molecule has 0 fully saturated rings. The molecule has 0 bridgehead atoms. The zero-order valence-corrected chi connectivity index (χ0v) is 19.6. The molecule has 3 aromatic rings. The summed E-state index contributed by atoms with van der Waals surface area (Å²) < 4.78 is 0.923. The molecule has 1 N–H and O–H groups in total. The number of rotatable bonds is 8. The number of hydrogen-bond donors (Lipinski definition) is 1. The normalized spacial score (nSPS) is 11.6. The van der Waals surface area contributed by atoms with E-state index in [-0.39, 0.29) is 18.2 Å². The molecule has 3 aromatic carbocycles. The van der Waals surface area contributed by atoms with E-state index >= 15 is 0 Å². The van der Waals surface area contributed by atoms with Crippen LogP contribution in [0, 0.1) is 0 Å². The first-order valence-corrected chi connectivity index (χ1v) is 11.2. The van der Waals surface area contributed by atoms with E-state index in [0.29, 0.717) is 18.0 Å². The standard InChI is InChI=1S/C25H24BrClN2O2/c1-28-25(31)23(15-18-7-3-2-4-8-18)29(17-20-10-5-11-21(26)13-20)24(30)16-19-9-6-12-22(27)14-19/h2-14,23H,15-17H2,1H3,(H,28,31)/t23-/m1/s1. The van der Waals surface area contributed by atoms with Crippen molar-refractivity contribution in [2.24, 2.45) is 0 Å². The Bertz CT molecular complexity index is 1040. The highest BCUT2D eigenvalue weighted by Crippen LogP contribution is 2.19. The quantitative estimate of drug-likeness (QED) is 0.472. The summed E-state index contributed by atoms with van der Waals surface area (Å²) in [5, 5.41) is 3.31. The number of amides is 2. The van der Waals surface area contributed by atoms with Crippen LogP contribution in [0.15, 0.2) is 83.3 Å². The van der Waals surface area contributed by atoms with Crippen LogP contribution < -0.4 is 5.32 Å². The molecule has 0 aliphatic carbocycles. The minimum atomic E-state index is -0.641. The Morgan fingerprint density at radius 3 is 2.29 bits per heavy atom. The Balaban J connectivity index is 1.94. The number of nitrogens with zero attached hydrogens (tertiary/aromatic N) is 1. The average molecular weight is 500 g/mol. The fourth-order valence-corrected chi connectivity index (χ4v) is 4.14. The van der Waals surface area contributed by atoms with Gasteiger partial charge in [-0.05, 0) is 41.0 Å². The second-order valence-electron chi connectivity index (χ2n) is 7.28. The van der Waals surface area contributed by atoms with E-state index in [9.17, 15) is 9.59 Å². The van der Waals surface area contributed by atoms with Crippen LogP contribution in [0.1, 0.15) is 16.7 Å². The molecule has 0 heterocycles. The molecule has 0 saturated heterocycles. The summed E-state index contributed by atoms with van der Waals surface area (Å²) in [7, 11) is 1.60. The van der Waals surface area contributed by atoms with Crippen molar-refractivity contribution in [3.63, 3.8) is 0 Å². The van der Waals surface area contributed by atoms with Crippen LogP contribution in [0.25, 0.3) is 0 Å². The first-order valence-electron chi connectivity index (χ1n) is 10.00. The third-order valence-electron chi connectivity index (χ3n) is 5.00. The van der Waals surface area contributed by atoms with Crippen LogP contribution in [-0.2, 0) is 29.0 Å². The Labute approximate surface area is 196 Å². The number of halogens is 2. The lowest BCUT2D eigenvalue weighted by Crippen LogP contribution is -2.50. The maximum absolute atomic E-state index is 13.5. The molecule has 160 valence electrons. The predicted molar refractivity (Wildman–Crippen MR) is 128 cm³/mol. The summed E-state index contributed by atoms with van der Waals surface area (Å²) in [6.07, 6.45) is 0.590. The van der Waals surface area contributed by atoms with Crippen molar-refractivity contribution in [3.05, 3.63) is 105 Å². The van der Waals surface area contributed by atoms with Gasteiger partial charge in [-0.1, -0.05) is 82.1 Å². The van der Waals surface area contributed by atoms with Crippen molar-refractivity contribution in [2.75, 3.05) is 7.05 Å². The second-order valence-corrected chi connectivity index (χ2v) is 8.63. The topological polar surface area (TPSA) is 49.4 Å². The summed E-state index contributed by atoms with van der Waals surface area (Å²) in [6, 6.07) is 24.1. The fourth-order valence-electron chi connectivity index (χ4n) is 3.48. The van der Waals surface area contributed by atoms with Gasteiger partial charge in [-0.25, -0.2) is 0 Å². The molecule has 3 rings (SSSR count). The predicted octanol–water partition coefficient (Wildman–Crippen LogP) is 5.03. The number of hydrogen-bond acceptors (Lipinski definition) is 2. The van der Waals surface area contributed by atoms with E-state index in [1.54, 1.807) is 24.1 Å². The van der Waals surface area contributed by atoms with Crippen LogP contribution in [0.3, 0.4) is 0 Å². The molecule has 0 unspecified atom stereocenters. The number of carbonyl (C=O) groups is 2. The SMILES string of the molecule is CNC(=O)[C@@H](Cc1ccccc1)N(Cc1cccc(Br)c1)C(=O)Cc1cccc(Cl)c1. The van der Waals surface area contributed by atoms with Gasteiger partial charge in [0.05, 0.1) is 6.42 Å². The summed E-state index contributed by atoms with van der Waals surface area (Å²) in [5.41, 5.74) is 2.74. The van der Waals surface area contributed by atoms with Gasteiger partial charge in [-0.2, -0.15) is 0 Å². The van der Waals surface area contributed by atoms with Crippen molar-refractivity contribution < 1.29 is 9.59 Å². The Morgan fingerprint density at radius 2 is 1.61 bits per heavy atom. The monoisotopic (exact) mass is 498 g/mol. The van der Waals surface area contributed by atoms with Gasteiger partial charge in [-0.15, -0.1) is 0 Å². The van der Waals surface area contributed by atoms with Gasteiger partial charge >= 0.3 is 0 Å². The fraction of sp³-hybridized carbons (Fsp3) is 0.200. The number of nitrogens with one attached hydrogen (secondary N) is 1. The van der Waals surface area contributed by atoms with Crippen LogP contribution in [0.4, 0.5) is 0 Å². The number of carbonyl (C=O) groups excluding carboxylic acids is 2. The minimum absolute atomic E-state index is 0.133. The zero-order valence-electron chi connectivity index (χ0n) is 17.2. The van der Waals surface area contributed by atoms with Crippen molar-refractivity contribution >= 4 is 39.3 Å². The van der Waals surface area contributed by atoms with E-state index in [1.807, 2.05) is 66.7 Å². The molecule has 0 aromatic heterocycles. The smallest absolute Gasteiger partial charge is 0.242 e. The number of likely N-dealkylation sites (N-methyl/N-ethyl adjacent to an activating group) is 1. The van der Waals surface area contributed by atoms with Gasteiger partial charge in [0.25, 0.3) is 0 Å². The minimum Gasteiger partial charge on any atom is -0.357 e. The average Bonchev–Trinajstić information content (AvgIpc) is 2.76. The summed E-state index contributed by atoms with van der Waals surface area (Å²) in [6.45, 7) is 0.323. The molecule has 0 saturated carbocycles. The van der Waals surface area contributed by atoms with Crippen molar-refractivity contribution in [2.45, 2.75) is 25.4 Å². The highest BCUT2D eigenvalue weighted by atomic mass is 79.9. The largest absolute Gasteiger partial charge is 0.357 e. The lowest BCUT2D eigenvalue weighted by atomic mass is 10.0. The van der Waals surface area contributed by atoms with E-state index < -0.39 is 6.04 Å².